The number of hydrogen-bond donors (Lipinski definition) is 1. The van der Waals surface area contributed by atoms with Gasteiger partial charge in [-0.05, 0) is 62.1 Å². The van der Waals surface area contributed by atoms with E-state index < -0.39 is 10.0 Å². The van der Waals surface area contributed by atoms with E-state index in [1.54, 1.807) is 17.0 Å². The molecule has 2 heterocycles. The van der Waals surface area contributed by atoms with Crippen LogP contribution >= 0.6 is 0 Å². The summed E-state index contributed by atoms with van der Waals surface area (Å²) < 4.78 is 25.7. The molecule has 2 aromatic carbocycles. The summed E-state index contributed by atoms with van der Waals surface area (Å²) in [5, 5.41) is 3.02. The van der Waals surface area contributed by atoms with E-state index in [1.807, 2.05) is 45.0 Å². The lowest BCUT2D eigenvalue weighted by molar-refractivity contribution is -0.117. The fraction of sp³-hybridized carbons (Fsp3) is 0.440. The summed E-state index contributed by atoms with van der Waals surface area (Å²) in [5.74, 6) is -0.117. The summed E-state index contributed by atoms with van der Waals surface area (Å²) >= 11 is 0. The summed E-state index contributed by atoms with van der Waals surface area (Å²) in [6.45, 7) is 8.44. The number of benzene rings is 2. The highest BCUT2D eigenvalue weighted by Gasteiger charge is 2.33. The van der Waals surface area contributed by atoms with Crippen LogP contribution in [0, 0.1) is 13.8 Å². The van der Waals surface area contributed by atoms with Crippen LogP contribution in [0.3, 0.4) is 0 Å². The Hall–Kier alpha value is -2.91. The predicted molar refractivity (Wildman–Crippen MR) is 134 cm³/mol. The molecule has 4 rings (SSSR count). The minimum absolute atomic E-state index is 0.0552. The summed E-state index contributed by atoms with van der Waals surface area (Å²) in [6.07, 6.45) is 1.80. The maximum absolute atomic E-state index is 13.1. The minimum atomic E-state index is -3.36. The molecule has 1 saturated heterocycles. The first-order chi connectivity index (χ1) is 16.0. The molecule has 0 aromatic heterocycles. The number of nitrogens with one attached hydrogen (secondary N) is 1. The summed E-state index contributed by atoms with van der Waals surface area (Å²) in [6, 6.07) is 11.0. The first-order valence-corrected chi connectivity index (χ1v) is 13.4. The van der Waals surface area contributed by atoms with Gasteiger partial charge in [0.05, 0.1) is 18.5 Å². The third-order valence-electron chi connectivity index (χ3n) is 6.61. The van der Waals surface area contributed by atoms with Gasteiger partial charge in [-0.1, -0.05) is 18.2 Å². The van der Waals surface area contributed by atoms with Crippen molar-refractivity contribution in [1.29, 1.82) is 0 Å². The number of rotatable bonds is 5. The number of fused-ring (bicyclic) bond motifs is 1. The van der Waals surface area contributed by atoms with E-state index in [-0.39, 0.29) is 24.4 Å². The molecule has 2 aliphatic rings. The van der Waals surface area contributed by atoms with Crippen LogP contribution in [-0.2, 0) is 21.2 Å². The van der Waals surface area contributed by atoms with Crippen molar-refractivity contribution in [2.24, 2.45) is 0 Å². The molecule has 0 bridgehead atoms. The van der Waals surface area contributed by atoms with Gasteiger partial charge >= 0.3 is 0 Å². The van der Waals surface area contributed by atoms with Gasteiger partial charge in [-0.3, -0.25) is 18.8 Å². The molecular formula is C25H32N4O4S. The maximum Gasteiger partial charge on any atom is 0.253 e. The van der Waals surface area contributed by atoms with E-state index in [2.05, 4.69) is 10.2 Å². The van der Waals surface area contributed by atoms with E-state index >= 15 is 0 Å². The fourth-order valence-electron chi connectivity index (χ4n) is 4.93. The van der Waals surface area contributed by atoms with Gasteiger partial charge in [0.2, 0.25) is 15.9 Å². The number of anilines is 2. The lowest BCUT2D eigenvalue weighted by Crippen LogP contribution is -2.50. The zero-order valence-corrected chi connectivity index (χ0v) is 21.0. The number of carbonyl (C=O) groups excluding carboxylic acids is 2. The molecule has 1 unspecified atom stereocenters. The van der Waals surface area contributed by atoms with Crippen molar-refractivity contribution < 1.29 is 18.0 Å². The van der Waals surface area contributed by atoms with Crippen LogP contribution in [0.4, 0.5) is 11.4 Å². The van der Waals surface area contributed by atoms with Crippen molar-refractivity contribution in [2.45, 2.75) is 33.2 Å². The average Bonchev–Trinajstić information content (AvgIpc) is 3.11. The second-order valence-corrected chi connectivity index (χ2v) is 11.2. The molecule has 34 heavy (non-hydrogen) atoms. The van der Waals surface area contributed by atoms with Gasteiger partial charge in [0.1, 0.15) is 0 Å². The average molecular weight is 485 g/mol. The molecule has 1 atom stereocenters. The van der Waals surface area contributed by atoms with Gasteiger partial charge in [-0.25, -0.2) is 8.42 Å². The number of nitrogens with zero attached hydrogens (tertiary/aromatic N) is 3. The molecule has 182 valence electrons. The van der Waals surface area contributed by atoms with Crippen LogP contribution in [-0.4, -0.2) is 75.1 Å². The number of piperazine rings is 1. The van der Waals surface area contributed by atoms with Crippen molar-refractivity contribution >= 4 is 33.2 Å². The Morgan fingerprint density at radius 1 is 1.03 bits per heavy atom. The largest absolute Gasteiger partial charge is 0.336 e. The van der Waals surface area contributed by atoms with Crippen LogP contribution in [0.1, 0.15) is 34.0 Å². The Morgan fingerprint density at radius 3 is 2.29 bits per heavy atom. The number of hydrogen-bond acceptors (Lipinski definition) is 5. The van der Waals surface area contributed by atoms with E-state index in [4.69, 9.17) is 0 Å². The zero-order valence-electron chi connectivity index (χ0n) is 20.2. The standard InChI is InChI=1S/C25H32N4O4S/c1-17-6-5-7-18(2)24(17)26-23(30)16-27-10-12-28(13-11-27)25(31)20-8-9-22-21(15-20)14-19(3)29(22)34(4,32)33/h5-9,15,19H,10-14,16H2,1-4H3,(H,26,30). The van der Waals surface area contributed by atoms with Crippen LogP contribution in [0.25, 0.3) is 0 Å². The SMILES string of the molecule is Cc1cccc(C)c1NC(=O)CN1CCN(C(=O)c2ccc3c(c2)CC(C)N3S(C)(=O)=O)CC1. The molecule has 1 fully saturated rings. The lowest BCUT2D eigenvalue weighted by Gasteiger charge is -2.34. The molecule has 2 aromatic rings. The summed E-state index contributed by atoms with van der Waals surface area (Å²) in [5.41, 5.74) is 5.04. The highest BCUT2D eigenvalue weighted by Crippen LogP contribution is 2.35. The van der Waals surface area contributed by atoms with Crippen LogP contribution in [0.15, 0.2) is 36.4 Å². The molecule has 1 N–H and O–H groups in total. The zero-order chi connectivity index (χ0) is 24.6. The Morgan fingerprint density at radius 2 is 1.68 bits per heavy atom. The Kier molecular flexibility index (Phi) is 6.69. The van der Waals surface area contributed by atoms with Crippen molar-refractivity contribution in [3.63, 3.8) is 0 Å². The molecule has 0 spiro atoms. The van der Waals surface area contributed by atoms with Crippen LogP contribution in [0.2, 0.25) is 0 Å². The van der Waals surface area contributed by atoms with Crippen molar-refractivity contribution in [2.75, 3.05) is 48.6 Å². The smallest absolute Gasteiger partial charge is 0.253 e. The van der Waals surface area contributed by atoms with Crippen molar-refractivity contribution in [1.82, 2.24) is 9.80 Å². The third-order valence-corrected chi connectivity index (χ3v) is 7.88. The first-order valence-electron chi connectivity index (χ1n) is 11.5. The molecule has 9 heteroatoms. The number of para-hydroxylation sites is 1. The van der Waals surface area contributed by atoms with Gasteiger partial charge in [-0.15, -0.1) is 0 Å². The van der Waals surface area contributed by atoms with Gasteiger partial charge in [-0.2, -0.15) is 0 Å². The summed E-state index contributed by atoms with van der Waals surface area (Å²) in [4.78, 5) is 29.5. The van der Waals surface area contributed by atoms with E-state index in [9.17, 15) is 18.0 Å². The van der Waals surface area contributed by atoms with Gasteiger partial charge < -0.3 is 10.2 Å². The van der Waals surface area contributed by atoms with Crippen molar-refractivity contribution in [3.05, 3.63) is 58.7 Å². The number of carbonyl (C=O) groups is 2. The third kappa shape index (κ3) is 4.95. The summed E-state index contributed by atoms with van der Waals surface area (Å²) in [7, 11) is -3.36. The number of aryl methyl sites for hydroxylation is 2. The Bertz CT molecular complexity index is 1200. The number of sulfonamides is 1. The van der Waals surface area contributed by atoms with E-state index in [1.165, 1.54) is 10.6 Å². The van der Waals surface area contributed by atoms with Gasteiger partial charge in [0, 0.05) is 43.5 Å². The highest BCUT2D eigenvalue weighted by molar-refractivity contribution is 7.92. The van der Waals surface area contributed by atoms with E-state index in [0.29, 0.717) is 43.9 Å². The highest BCUT2D eigenvalue weighted by atomic mass is 32.2. The van der Waals surface area contributed by atoms with Crippen LogP contribution < -0.4 is 9.62 Å². The van der Waals surface area contributed by atoms with E-state index in [0.717, 1.165) is 22.4 Å². The van der Waals surface area contributed by atoms with Gasteiger partial charge in [0.25, 0.3) is 5.91 Å². The number of amides is 2. The molecule has 0 aliphatic carbocycles. The molecule has 0 radical (unpaired) electrons. The quantitative estimate of drug-likeness (QED) is 0.704. The predicted octanol–water partition coefficient (Wildman–Crippen LogP) is 2.41. The Balaban J connectivity index is 1.34. The Labute approximate surface area is 201 Å². The molecule has 2 amide bonds. The van der Waals surface area contributed by atoms with Crippen molar-refractivity contribution in [3.8, 4) is 0 Å². The normalized spacial score (nSPS) is 18.6. The molecule has 0 saturated carbocycles. The molecule has 2 aliphatic heterocycles. The minimum Gasteiger partial charge on any atom is -0.336 e. The molecular weight excluding hydrogens is 452 g/mol. The monoisotopic (exact) mass is 484 g/mol. The fourth-order valence-corrected chi connectivity index (χ4v) is 6.19. The second kappa shape index (κ2) is 9.38. The molecule has 8 nitrogen and oxygen atoms in total. The first kappa shape index (κ1) is 24.2. The van der Waals surface area contributed by atoms with Gasteiger partial charge in [0.15, 0.2) is 0 Å². The topological polar surface area (TPSA) is 90.0 Å². The lowest BCUT2D eigenvalue weighted by atomic mass is 10.1. The second-order valence-electron chi connectivity index (χ2n) is 9.34. The maximum atomic E-state index is 13.1. The van der Waals surface area contributed by atoms with Crippen LogP contribution in [0.5, 0.6) is 0 Å².